The Morgan fingerprint density at radius 2 is 1.17 bits per heavy atom. The van der Waals surface area contributed by atoms with E-state index in [0.29, 0.717) is 0 Å². The fourth-order valence-electron chi connectivity index (χ4n) is 1.98. The van der Waals surface area contributed by atoms with Crippen molar-refractivity contribution in [3.05, 3.63) is 0 Å². The molecule has 0 fully saturated rings. The third-order valence-electron chi connectivity index (χ3n) is 2.11. The monoisotopic (exact) mass is 281 g/mol. The highest BCUT2D eigenvalue weighted by molar-refractivity contribution is 4.83. The van der Waals surface area contributed by atoms with Gasteiger partial charge in [-0.3, -0.25) is 0 Å². The lowest BCUT2D eigenvalue weighted by atomic mass is 9.81. The molecule has 0 spiro atoms. The quantitative estimate of drug-likeness (QED) is 0.629. The molecular weight excluding hydrogens is 264 g/mol. The molecule has 0 aliphatic heterocycles. The summed E-state index contributed by atoms with van der Waals surface area (Å²) < 4.78 is 73.9. The Morgan fingerprint density at radius 1 is 0.833 bits per heavy atom. The molecule has 0 aromatic heterocycles. The second kappa shape index (κ2) is 4.88. The van der Waals surface area contributed by atoms with Crippen molar-refractivity contribution in [1.29, 1.82) is 0 Å². The van der Waals surface area contributed by atoms with Crippen molar-refractivity contribution in [1.82, 2.24) is 4.90 Å². The Balaban J connectivity index is 5.01. The van der Waals surface area contributed by atoms with Crippen LogP contribution in [0.1, 0.15) is 34.1 Å². The maximum atomic E-state index is 12.3. The zero-order valence-electron chi connectivity index (χ0n) is 10.6. The van der Waals surface area contributed by atoms with E-state index in [1.807, 2.05) is 0 Å². The third-order valence-corrected chi connectivity index (χ3v) is 2.11. The Morgan fingerprint density at radius 3 is 1.39 bits per heavy atom. The summed E-state index contributed by atoms with van der Waals surface area (Å²) in [6, 6.07) is 0. The molecular formula is C10H17F6NO. The van der Waals surface area contributed by atoms with Crippen LogP contribution in [0.25, 0.3) is 0 Å². The van der Waals surface area contributed by atoms with Gasteiger partial charge >= 0.3 is 12.6 Å². The van der Waals surface area contributed by atoms with E-state index < -0.39 is 35.1 Å². The van der Waals surface area contributed by atoms with Gasteiger partial charge in [-0.15, -0.1) is 4.90 Å². The topological polar surface area (TPSA) is 23.5 Å². The first-order valence-electron chi connectivity index (χ1n) is 5.18. The van der Waals surface area contributed by atoms with Crippen molar-refractivity contribution < 1.29 is 31.4 Å². The van der Waals surface area contributed by atoms with Crippen LogP contribution in [0.5, 0.6) is 0 Å². The van der Waals surface area contributed by atoms with Gasteiger partial charge in [0.2, 0.25) is 0 Å². The lowest BCUT2D eigenvalue weighted by Gasteiger charge is -2.37. The van der Waals surface area contributed by atoms with Gasteiger partial charge in [0.15, 0.2) is 0 Å². The Kier molecular flexibility index (Phi) is 4.74. The van der Waals surface area contributed by atoms with Crippen LogP contribution < -0.4 is 0 Å². The molecule has 0 rings (SSSR count). The van der Waals surface area contributed by atoms with Crippen molar-refractivity contribution >= 4 is 0 Å². The Hall–Kier alpha value is -0.500. The first kappa shape index (κ1) is 17.5. The summed E-state index contributed by atoms with van der Waals surface area (Å²) in [5.74, 6) is 0. The van der Waals surface area contributed by atoms with Gasteiger partial charge in [0.1, 0.15) is 0 Å². The van der Waals surface area contributed by atoms with Crippen molar-refractivity contribution in [2.24, 2.45) is 5.41 Å². The third kappa shape index (κ3) is 6.44. The minimum atomic E-state index is -5.49. The Labute approximate surface area is 102 Å². The van der Waals surface area contributed by atoms with Crippen molar-refractivity contribution in [3.63, 3.8) is 0 Å². The zero-order chi connectivity index (χ0) is 15.0. The summed E-state index contributed by atoms with van der Waals surface area (Å²) in [4.78, 5) is -1.47. The highest BCUT2D eigenvalue weighted by Crippen LogP contribution is 2.38. The highest BCUT2D eigenvalue weighted by Gasteiger charge is 2.55. The van der Waals surface area contributed by atoms with E-state index in [4.69, 9.17) is 0 Å². The first-order chi connectivity index (χ1) is 7.55. The molecule has 18 heavy (non-hydrogen) atoms. The van der Waals surface area contributed by atoms with Gasteiger partial charge in [0.25, 0.3) is 0 Å². The maximum absolute atomic E-state index is 12.3. The number of hydrogen-bond donors (Lipinski definition) is 1. The van der Waals surface area contributed by atoms with Gasteiger partial charge in [-0.25, -0.2) is 0 Å². The lowest BCUT2D eigenvalue weighted by molar-refractivity contribution is -0.378. The molecule has 0 saturated heterocycles. The molecule has 2 nitrogen and oxygen atoms in total. The number of rotatable bonds is 4. The van der Waals surface area contributed by atoms with Gasteiger partial charge in [0, 0.05) is 6.54 Å². The molecule has 0 aliphatic carbocycles. The van der Waals surface area contributed by atoms with Crippen LogP contribution in [-0.2, 0) is 0 Å². The molecule has 0 aliphatic rings. The SMILES string of the molecule is CC(C)(O)CC(C)(C)CN(C(F)(F)F)C(F)(F)F. The summed E-state index contributed by atoms with van der Waals surface area (Å²) in [5, 5.41) is 9.49. The summed E-state index contributed by atoms with van der Waals surface area (Å²) in [6.45, 7) is 3.90. The molecule has 0 unspecified atom stereocenters. The summed E-state index contributed by atoms with van der Waals surface area (Å²) in [7, 11) is 0. The Bertz CT molecular complexity index is 262. The second-order valence-electron chi connectivity index (χ2n) is 5.68. The van der Waals surface area contributed by atoms with Crippen molar-refractivity contribution in [2.75, 3.05) is 6.54 Å². The first-order valence-corrected chi connectivity index (χ1v) is 5.18. The fraction of sp³-hybridized carbons (Fsp3) is 1.00. The van der Waals surface area contributed by atoms with E-state index in [-0.39, 0.29) is 6.42 Å². The predicted molar refractivity (Wildman–Crippen MR) is 53.5 cm³/mol. The average molecular weight is 281 g/mol. The van der Waals surface area contributed by atoms with Crippen LogP contribution in [0.3, 0.4) is 0 Å². The van der Waals surface area contributed by atoms with E-state index >= 15 is 0 Å². The standard InChI is InChI=1S/C10H17F6NO/c1-7(2,5-8(3,4)18)6-17(9(11,12)13)10(14,15)16/h18H,5-6H2,1-4H3. The number of hydrogen-bond acceptors (Lipinski definition) is 2. The fourth-order valence-corrected chi connectivity index (χ4v) is 1.98. The largest absolute Gasteiger partial charge is 0.467 e. The molecule has 0 heterocycles. The van der Waals surface area contributed by atoms with Crippen LogP contribution in [-0.4, -0.2) is 34.8 Å². The van der Waals surface area contributed by atoms with E-state index in [1.165, 1.54) is 27.7 Å². The summed E-state index contributed by atoms with van der Waals surface area (Å²) in [6.07, 6.45) is -11.2. The van der Waals surface area contributed by atoms with E-state index in [2.05, 4.69) is 0 Å². The van der Waals surface area contributed by atoms with Crippen LogP contribution in [0.2, 0.25) is 0 Å². The molecule has 110 valence electrons. The van der Waals surface area contributed by atoms with E-state index in [0.717, 1.165) is 0 Å². The van der Waals surface area contributed by atoms with Gasteiger partial charge < -0.3 is 5.11 Å². The summed E-state index contributed by atoms with van der Waals surface area (Å²) >= 11 is 0. The molecule has 1 N–H and O–H groups in total. The summed E-state index contributed by atoms with van der Waals surface area (Å²) in [5.41, 5.74) is -2.68. The second-order valence-corrected chi connectivity index (χ2v) is 5.68. The molecule has 0 saturated carbocycles. The van der Waals surface area contributed by atoms with Crippen molar-refractivity contribution in [2.45, 2.75) is 52.3 Å². The highest BCUT2D eigenvalue weighted by atomic mass is 19.4. The van der Waals surface area contributed by atoms with E-state index in [9.17, 15) is 31.4 Å². The lowest BCUT2D eigenvalue weighted by Crippen LogP contribution is -2.52. The predicted octanol–water partition coefficient (Wildman–Crippen LogP) is 3.52. The number of aliphatic hydroxyl groups is 1. The van der Waals surface area contributed by atoms with Crippen LogP contribution >= 0.6 is 0 Å². The molecule has 0 aromatic carbocycles. The number of nitrogens with zero attached hydrogens (tertiary/aromatic N) is 1. The molecule has 0 atom stereocenters. The van der Waals surface area contributed by atoms with Gasteiger partial charge in [-0.2, -0.15) is 26.3 Å². The minimum Gasteiger partial charge on any atom is -0.390 e. The van der Waals surface area contributed by atoms with Crippen LogP contribution in [0.15, 0.2) is 0 Å². The molecule has 0 aromatic rings. The van der Waals surface area contributed by atoms with Crippen LogP contribution in [0, 0.1) is 5.41 Å². The minimum absolute atomic E-state index is 0.192. The van der Waals surface area contributed by atoms with E-state index in [1.54, 1.807) is 0 Å². The van der Waals surface area contributed by atoms with Gasteiger partial charge in [-0.05, 0) is 25.7 Å². The molecule has 0 bridgehead atoms. The molecule has 0 radical (unpaired) electrons. The normalized spacial score (nSPS) is 15.3. The molecule has 0 amide bonds. The molecule has 8 heteroatoms. The maximum Gasteiger partial charge on any atom is 0.467 e. The average Bonchev–Trinajstić information content (AvgIpc) is 1.90. The zero-order valence-corrected chi connectivity index (χ0v) is 10.6. The van der Waals surface area contributed by atoms with Crippen LogP contribution in [0.4, 0.5) is 26.3 Å². The van der Waals surface area contributed by atoms with Crippen molar-refractivity contribution in [3.8, 4) is 0 Å². The van der Waals surface area contributed by atoms with Gasteiger partial charge in [0.05, 0.1) is 5.60 Å². The number of halogens is 6. The smallest absolute Gasteiger partial charge is 0.390 e. The number of alkyl halides is 6. The van der Waals surface area contributed by atoms with Gasteiger partial charge in [-0.1, -0.05) is 13.8 Å².